The highest BCUT2D eigenvalue weighted by Gasteiger charge is 2.54. The van der Waals surface area contributed by atoms with Gasteiger partial charge in [-0.1, -0.05) is 30.3 Å². The Morgan fingerprint density at radius 2 is 1.82 bits per heavy atom. The molecule has 2 aromatic rings. The van der Waals surface area contributed by atoms with Crippen LogP contribution in [0, 0.1) is 17.6 Å². The van der Waals surface area contributed by atoms with Crippen LogP contribution in [0.25, 0.3) is 11.1 Å². The molecule has 1 aliphatic carbocycles. The molecule has 9 heteroatoms. The number of carbonyl (C=O) groups is 1. The molecule has 2 aliphatic heterocycles. The fourth-order valence-corrected chi connectivity index (χ4v) is 5.88. The maximum absolute atomic E-state index is 15.6. The predicted molar refractivity (Wildman–Crippen MR) is 121 cm³/mol. The van der Waals surface area contributed by atoms with E-state index in [1.807, 2.05) is 0 Å². The number of hydrogen-bond acceptors (Lipinski definition) is 4. The number of carbonyl (C=O) groups excluding carboxylic acids is 1. The zero-order valence-corrected chi connectivity index (χ0v) is 19.6. The molecule has 0 aromatic heterocycles. The SMILES string of the molecule is CC(C)(O)C(=O)N1C2CC(C2)[C@H](NS(C)(=O)=O)[C@@H]1Cc1cc(F)cc(-c2ccccc2)c1F. The smallest absolute Gasteiger partial charge is 0.254 e. The Balaban J connectivity index is 1.77. The van der Waals surface area contributed by atoms with Crippen LogP contribution >= 0.6 is 0 Å². The van der Waals surface area contributed by atoms with Gasteiger partial charge in [0.1, 0.15) is 17.2 Å². The summed E-state index contributed by atoms with van der Waals surface area (Å²) in [6.45, 7) is 2.73. The number of nitrogens with one attached hydrogen (secondary N) is 1. The summed E-state index contributed by atoms with van der Waals surface area (Å²) in [6.07, 6.45) is 2.12. The minimum Gasteiger partial charge on any atom is -0.381 e. The van der Waals surface area contributed by atoms with E-state index in [0.717, 1.165) is 18.4 Å². The highest BCUT2D eigenvalue weighted by Crippen LogP contribution is 2.45. The van der Waals surface area contributed by atoms with Crippen molar-refractivity contribution in [2.75, 3.05) is 6.26 Å². The number of benzene rings is 2. The fourth-order valence-electron chi connectivity index (χ4n) is 5.04. The zero-order valence-electron chi connectivity index (χ0n) is 18.8. The van der Waals surface area contributed by atoms with Crippen LogP contribution in [0.1, 0.15) is 32.3 Å². The Kier molecular flexibility index (Phi) is 6.09. The van der Waals surface area contributed by atoms with E-state index in [1.54, 1.807) is 30.3 Å². The minimum absolute atomic E-state index is 0.0224. The van der Waals surface area contributed by atoms with Crippen LogP contribution in [0.15, 0.2) is 42.5 Å². The summed E-state index contributed by atoms with van der Waals surface area (Å²) in [7, 11) is -3.63. The molecule has 2 N–H and O–H groups in total. The molecule has 2 saturated heterocycles. The van der Waals surface area contributed by atoms with Crippen molar-refractivity contribution in [1.29, 1.82) is 0 Å². The van der Waals surface area contributed by atoms with E-state index in [9.17, 15) is 22.7 Å². The van der Waals surface area contributed by atoms with Gasteiger partial charge < -0.3 is 10.0 Å². The molecule has 178 valence electrons. The van der Waals surface area contributed by atoms with Crippen molar-refractivity contribution in [2.24, 2.45) is 5.92 Å². The molecule has 33 heavy (non-hydrogen) atoms. The molecule has 2 heterocycles. The van der Waals surface area contributed by atoms with Crippen molar-refractivity contribution >= 4 is 15.9 Å². The van der Waals surface area contributed by atoms with Gasteiger partial charge in [0.15, 0.2) is 0 Å². The summed E-state index contributed by atoms with van der Waals surface area (Å²) in [5.74, 6) is -1.82. The van der Waals surface area contributed by atoms with Crippen LogP contribution in [-0.2, 0) is 21.2 Å². The van der Waals surface area contributed by atoms with Gasteiger partial charge in [-0.3, -0.25) is 4.79 Å². The lowest BCUT2D eigenvalue weighted by molar-refractivity contribution is -0.166. The molecule has 5 rings (SSSR count). The Morgan fingerprint density at radius 1 is 1.18 bits per heavy atom. The molecule has 0 spiro atoms. The third-order valence-electron chi connectivity index (χ3n) is 6.56. The van der Waals surface area contributed by atoms with Crippen molar-refractivity contribution in [3.05, 3.63) is 59.7 Å². The standard InChI is InChI=1S/C24H28F2N2O4S/c1-24(2,30)23(29)28-18-10-16(11-18)22(27-33(3,31)32)20(28)12-15-9-17(25)13-19(21(15)26)14-7-5-4-6-8-14/h4-9,13,16,18,20,22,27,30H,10-12H2,1-3H3/t16?,18?,20-,22-/m0/s1. The largest absolute Gasteiger partial charge is 0.381 e. The van der Waals surface area contributed by atoms with E-state index in [1.165, 1.54) is 18.7 Å². The van der Waals surface area contributed by atoms with Gasteiger partial charge >= 0.3 is 0 Å². The number of amides is 1. The Bertz CT molecular complexity index is 1160. The molecule has 3 fully saturated rings. The van der Waals surface area contributed by atoms with Crippen molar-refractivity contribution in [1.82, 2.24) is 9.62 Å². The Hall–Kier alpha value is -2.36. The molecule has 2 atom stereocenters. The number of sulfonamides is 1. The highest BCUT2D eigenvalue weighted by atomic mass is 32.2. The van der Waals surface area contributed by atoms with Crippen LogP contribution in [0.2, 0.25) is 0 Å². The first-order valence-electron chi connectivity index (χ1n) is 10.9. The molecule has 1 saturated carbocycles. The van der Waals surface area contributed by atoms with E-state index in [4.69, 9.17) is 0 Å². The topological polar surface area (TPSA) is 86.7 Å². The second-order valence-electron chi connectivity index (χ2n) is 9.64. The lowest BCUT2D eigenvalue weighted by atomic mass is 9.66. The summed E-state index contributed by atoms with van der Waals surface area (Å²) in [6, 6.07) is 9.18. The van der Waals surface area contributed by atoms with E-state index < -0.39 is 45.2 Å². The molecule has 3 aliphatic rings. The van der Waals surface area contributed by atoms with Crippen LogP contribution in [0.4, 0.5) is 8.78 Å². The maximum atomic E-state index is 15.6. The van der Waals surface area contributed by atoms with E-state index in [2.05, 4.69) is 4.72 Å². The van der Waals surface area contributed by atoms with Crippen molar-refractivity contribution < 1.29 is 27.1 Å². The molecule has 1 amide bonds. The number of rotatable bonds is 6. The number of hydrogen-bond donors (Lipinski definition) is 2. The third kappa shape index (κ3) is 4.81. The lowest BCUT2D eigenvalue weighted by Gasteiger charge is -2.58. The van der Waals surface area contributed by atoms with Gasteiger partial charge in [0.25, 0.3) is 5.91 Å². The van der Waals surface area contributed by atoms with E-state index in [-0.39, 0.29) is 29.5 Å². The van der Waals surface area contributed by atoms with Gasteiger partial charge in [-0.15, -0.1) is 0 Å². The first kappa shape index (κ1) is 23.8. The van der Waals surface area contributed by atoms with Crippen LogP contribution in [-0.4, -0.2) is 54.3 Å². The number of piperidine rings is 2. The monoisotopic (exact) mass is 478 g/mol. The van der Waals surface area contributed by atoms with Crippen LogP contribution in [0.5, 0.6) is 0 Å². The van der Waals surface area contributed by atoms with E-state index >= 15 is 4.39 Å². The molecule has 0 radical (unpaired) electrons. The van der Waals surface area contributed by atoms with Crippen LogP contribution in [0.3, 0.4) is 0 Å². The second kappa shape index (κ2) is 8.45. The van der Waals surface area contributed by atoms with Gasteiger partial charge in [-0.25, -0.2) is 21.9 Å². The van der Waals surface area contributed by atoms with Gasteiger partial charge in [-0.05, 0) is 62.3 Å². The van der Waals surface area contributed by atoms with Gasteiger partial charge in [0.2, 0.25) is 10.0 Å². The summed E-state index contributed by atoms with van der Waals surface area (Å²) < 4.78 is 56.9. The Morgan fingerprint density at radius 3 is 2.39 bits per heavy atom. The number of fused-ring (bicyclic) bond motifs is 2. The molecule has 0 unspecified atom stereocenters. The van der Waals surface area contributed by atoms with Gasteiger partial charge in [0.05, 0.1) is 12.3 Å². The lowest BCUT2D eigenvalue weighted by Crippen LogP contribution is -2.72. The highest BCUT2D eigenvalue weighted by molar-refractivity contribution is 7.88. The summed E-state index contributed by atoms with van der Waals surface area (Å²) in [5.41, 5.74) is -1.03. The third-order valence-corrected chi connectivity index (χ3v) is 7.26. The van der Waals surface area contributed by atoms with Crippen molar-refractivity contribution in [3.63, 3.8) is 0 Å². The predicted octanol–water partition coefficient (Wildman–Crippen LogP) is 2.85. The maximum Gasteiger partial charge on any atom is 0.254 e. The quantitative estimate of drug-likeness (QED) is 0.669. The Labute approximate surface area is 192 Å². The summed E-state index contributed by atoms with van der Waals surface area (Å²) in [5, 5.41) is 10.4. The van der Waals surface area contributed by atoms with Crippen molar-refractivity contribution in [2.45, 2.75) is 56.8 Å². The second-order valence-corrected chi connectivity index (χ2v) is 11.4. The molecular formula is C24H28F2N2O4S. The zero-order chi connectivity index (χ0) is 24.1. The molecule has 2 aromatic carbocycles. The van der Waals surface area contributed by atoms with Gasteiger partial charge in [0, 0.05) is 17.6 Å². The van der Waals surface area contributed by atoms with Crippen molar-refractivity contribution in [3.8, 4) is 11.1 Å². The molecule has 6 nitrogen and oxygen atoms in total. The minimum atomic E-state index is -3.63. The average molecular weight is 479 g/mol. The summed E-state index contributed by atoms with van der Waals surface area (Å²) in [4.78, 5) is 14.6. The fraction of sp³-hybridized carbons (Fsp3) is 0.458. The van der Waals surface area contributed by atoms with Gasteiger partial charge in [-0.2, -0.15) is 0 Å². The first-order valence-corrected chi connectivity index (χ1v) is 12.8. The summed E-state index contributed by atoms with van der Waals surface area (Å²) >= 11 is 0. The van der Waals surface area contributed by atoms with Crippen LogP contribution < -0.4 is 4.72 Å². The average Bonchev–Trinajstić information content (AvgIpc) is 2.68. The van der Waals surface area contributed by atoms with E-state index in [0.29, 0.717) is 18.4 Å². The normalized spacial score (nSPS) is 25.0. The number of nitrogens with zero attached hydrogens (tertiary/aromatic N) is 1. The first-order chi connectivity index (χ1) is 15.3. The number of halogens is 2. The molecular weight excluding hydrogens is 450 g/mol. The molecule has 2 bridgehead atoms. The number of aliphatic hydroxyl groups is 1.